The first-order valence-corrected chi connectivity index (χ1v) is 4.86. The van der Waals surface area contributed by atoms with Crippen LogP contribution in [-0.4, -0.2) is 27.2 Å². The molecule has 1 aliphatic carbocycles. The molecule has 0 aliphatic heterocycles. The predicted molar refractivity (Wildman–Crippen MR) is 50.3 cm³/mol. The predicted octanol–water partition coefficient (Wildman–Crippen LogP) is -0.451. The van der Waals surface area contributed by atoms with Crippen molar-refractivity contribution >= 4 is 0 Å². The van der Waals surface area contributed by atoms with E-state index in [1.54, 1.807) is 4.98 Å². The molecule has 1 heterocycles. The SMILES string of the molecule is O=c1cc(F)n(CC2C(CO)C2(F)F)c(=O)[nH]1. The van der Waals surface area contributed by atoms with E-state index in [1.807, 2.05) is 0 Å². The van der Waals surface area contributed by atoms with Gasteiger partial charge >= 0.3 is 5.69 Å². The standard InChI is InChI=1S/C9H9F3N2O3/c10-6-1-7(16)13-8(17)14(6)2-4-5(3-15)9(4,11)12/h1,4-5,15H,2-3H2,(H,13,16,17). The van der Waals surface area contributed by atoms with Crippen molar-refractivity contribution in [2.75, 3.05) is 6.61 Å². The summed E-state index contributed by atoms with van der Waals surface area (Å²) >= 11 is 0. The van der Waals surface area contributed by atoms with Crippen LogP contribution in [0.3, 0.4) is 0 Å². The van der Waals surface area contributed by atoms with Crippen LogP contribution in [0.25, 0.3) is 0 Å². The van der Waals surface area contributed by atoms with Crippen molar-refractivity contribution in [1.82, 2.24) is 9.55 Å². The number of aliphatic hydroxyl groups is 1. The van der Waals surface area contributed by atoms with Crippen molar-refractivity contribution < 1.29 is 18.3 Å². The normalized spacial score (nSPS) is 25.9. The van der Waals surface area contributed by atoms with E-state index >= 15 is 0 Å². The summed E-state index contributed by atoms with van der Waals surface area (Å²) in [6.07, 6.45) is 0. The van der Waals surface area contributed by atoms with Gasteiger partial charge in [-0.3, -0.25) is 14.3 Å². The zero-order valence-electron chi connectivity index (χ0n) is 8.49. The zero-order valence-corrected chi connectivity index (χ0v) is 8.49. The van der Waals surface area contributed by atoms with Crippen LogP contribution in [-0.2, 0) is 6.54 Å². The van der Waals surface area contributed by atoms with Crippen LogP contribution >= 0.6 is 0 Å². The Bertz CT molecular complexity index is 551. The second-order valence-electron chi connectivity index (χ2n) is 3.94. The zero-order chi connectivity index (χ0) is 12.8. The molecule has 1 aliphatic rings. The third-order valence-electron chi connectivity index (χ3n) is 2.92. The van der Waals surface area contributed by atoms with E-state index in [0.29, 0.717) is 10.6 Å². The van der Waals surface area contributed by atoms with E-state index in [9.17, 15) is 22.8 Å². The molecule has 2 atom stereocenters. The van der Waals surface area contributed by atoms with Gasteiger partial charge < -0.3 is 5.11 Å². The largest absolute Gasteiger partial charge is 0.396 e. The number of aromatic nitrogens is 2. The Morgan fingerprint density at radius 3 is 2.53 bits per heavy atom. The molecule has 1 fully saturated rings. The fourth-order valence-electron chi connectivity index (χ4n) is 1.82. The molecular weight excluding hydrogens is 241 g/mol. The lowest BCUT2D eigenvalue weighted by Gasteiger charge is -2.04. The summed E-state index contributed by atoms with van der Waals surface area (Å²) in [5, 5.41) is 8.65. The molecule has 0 aromatic carbocycles. The Kier molecular flexibility index (Phi) is 2.61. The maximum Gasteiger partial charge on any atom is 0.330 e. The van der Waals surface area contributed by atoms with E-state index in [2.05, 4.69) is 0 Å². The molecule has 1 saturated carbocycles. The summed E-state index contributed by atoms with van der Waals surface area (Å²) in [4.78, 5) is 23.7. The van der Waals surface area contributed by atoms with Gasteiger partial charge in [-0.2, -0.15) is 4.39 Å². The Balaban J connectivity index is 2.27. The highest BCUT2D eigenvalue weighted by Crippen LogP contribution is 2.55. The van der Waals surface area contributed by atoms with Crippen LogP contribution in [0.2, 0.25) is 0 Å². The molecule has 8 heteroatoms. The lowest BCUT2D eigenvalue weighted by atomic mass is 10.3. The smallest absolute Gasteiger partial charge is 0.330 e. The Hall–Kier alpha value is -1.57. The van der Waals surface area contributed by atoms with Gasteiger partial charge in [0, 0.05) is 6.54 Å². The van der Waals surface area contributed by atoms with Crippen LogP contribution in [0, 0.1) is 17.8 Å². The van der Waals surface area contributed by atoms with E-state index in [0.717, 1.165) is 0 Å². The second kappa shape index (κ2) is 3.73. The lowest BCUT2D eigenvalue weighted by molar-refractivity contribution is 0.0697. The van der Waals surface area contributed by atoms with E-state index in [4.69, 9.17) is 5.11 Å². The van der Waals surface area contributed by atoms with Gasteiger partial charge in [-0.15, -0.1) is 0 Å². The summed E-state index contributed by atoms with van der Waals surface area (Å²) in [5.41, 5.74) is -2.00. The van der Waals surface area contributed by atoms with Crippen molar-refractivity contribution in [3.05, 3.63) is 32.9 Å². The number of hydrogen-bond donors (Lipinski definition) is 2. The van der Waals surface area contributed by atoms with Crippen molar-refractivity contribution in [1.29, 1.82) is 0 Å². The average molecular weight is 250 g/mol. The minimum Gasteiger partial charge on any atom is -0.396 e. The molecule has 0 radical (unpaired) electrons. The highest BCUT2D eigenvalue weighted by molar-refractivity contribution is 5.05. The summed E-state index contributed by atoms with van der Waals surface area (Å²) in [5.74, 6) is -6.82. The van der Waals surface area contributed by atoms with E-state index < -0.39 is 48.1 Å². The number of H-pyrrole nitrogens is 1. The van der Waals surface area contributed by atoms with Gasteiger partial charge in [-0.1, -0.05) is 0 Å². The average Bonchev–Trinajstić information content (AvgIpc) is 2.73. The summed E-state index contributed by atoms with van der Waals surface area (Å²) in [6, 6.07) is 0.510. The van der Waals surface area contributed by atoms with Crippen molar-refractivity contribution in [3.63, 3.8) is 0 Å². The van der Waals surface area contributed by atoms with Gasteiger partial charge in [-0.05, 0) is 0 Å². The maximum atomic E-state index is 13.2. The molecule has 1 aromatic rings. The summed E-state index contributed by atoms with van der Waals surface area (Å²) in [6.45, 7) is -1.29. The number of aliphatic hydroxyl groups excluding tert-OH is 1. The topological polar surface area (TPSA) is 75.1 Å². The van der Waals surface area contributed by atoms with Crippen LogP contribution in [0.5, 0.6) is 0 Å². The number of rotatable bonds is 3. The fraction of sp³-hybridized carbons (Fsp3) is 0.556. The highest BCUT2D eigenvalue weighted by Gasteiger charge is 2.67. The molecular formula is C9H9F3N2O3. The van der Waals surface area contributed by atoms with Gasteiger partial charge in [-0.25, -0.2) is 13.6 Å². The minimum atomic E-state index is -3.10. The molecule has 0 spiro atoms. The lowest BCUT2D eigenvalue weighted by Crippen LogP contribution is -2.32. The molecule has 0 amide bonds. The molecule has 0 bridgehead atoms. The molecule has 17 heavy (non-hydrogen) atoms. The molecule has 2 rings (SSSR count). The molecule has 94 valence electrons. The third-order valence-corrected chi connectivity index (χ3v) is 2.92. The first-order valence-electron chi connectivity index (χ1n) is 4.86. The van der Waals surface area contributed by atoms with Crippen molar-refractivity contribution in [2.45, 2.75) is 12.5 Å². The van der Waals surface area contributed by atoms with Gasteiger partial charge in [0.1, 0.15) is 0 Å². The van der Waals surface area contributed by atoms with Crippen LogP contribution in [0.15, 0.2) is 15.7 Å². The Morgan fingerprint density at radius 2 is 2.06 bits per heavy atom. The van der Waals surface area contributed by atoms with Gasteiger partial charge in [0.2, 0.25) is 5.95 Å². The first kappa shape index (κ1) is 11.9. The molecule has 2 N–H and O–H groups in total. The quantitative estimate of drug-likeness (QED) is 0.713. The van der Waals surface area contributed by atoms with Gasteiger partial charge in [0.05, 0.1) is 24.5 Å². The first-order chi connectivity index (χ1) is 7.87. The van der Waals surface area contributed by atoms with Crippen LogP contribution < -0.4 is 11.2 Å². The Labute approximate surface area is 92.5 Å². The van der Waals surface area contributed by atoms with Gasteiger partial charge in [0.25, 0.3) is 11.5 Å². The number of nitrogens with zero attached hydrogens (tertiary/aromatic N) is 1. The molecule has 0 saturated heterocycles. The maximum absolute atomic E-state index is 13.2. The van der Waals surface area contributed by atoms with E-state index in [-0.39, 0.29) is 0 Å². The van der Waals surface area contributed by atoms with Crippen molar-refractivity contribution in [2.24, 2.45) is 11.8 Å². The monoisotopic (exact) mass is 250 g/mol. The minimum absolute atomic E-state index is 0.426. The second-order valence-corrected chi connectivity index (χ2v) is 3.94. The molecule has 5 nitrogen and oxygen atoms in total. The number of halogens is 3. The van der Waals surface area contributed by atoms with Crippen LogP contribution in [0.4, 0.5) is 13.2 Å². The number of aromatic amines is 1. The number of nitrogens with one attached hydrogen (secondary N) is 1. The molecule has 1 aromatic heterocycles. The van der Waals surface area contributed by atoms with Crippen LogP contribution in [0.1, 0.15) is 0 Å². The van der Waals surface area contributed by atoms with Gasteiger partial charge in [0.15, 0.2) is 0 Å². The van der Waals surface area contributed by atoms with Crippen molar-refractivity contribution in [3.8, 4) is 0 Å². The van der Waals surface area contributed by atoms with E-state index in [1.165, 1.54) is 0 Å². The fourth-order valence-corrected chi connectivity index (χ4v) is 1.82. The Morgan fingerprint density at radius 1 is 1.41 bits per heavy atom. The number of hydrogen-bond acceptors (Lipinski definition) is 3. The summed E-state index contributed by atoms with van der Waals surface area (Å²) in [7, 11) is 0. The summed E-state index contributed by atoms with van der Waals surface area (Å²) < 4.78 is 39.7. The number of alkyl halides is 2. The highest BCUT2D eigenvalue weighted by atomic mass is 19.3. The third kappa shape index (κ3) is 1.88. The molecule has 2 unspecified atom stereocenters.